The fraction of sp³-hybridized carbons (Fsp3) is 0.882. The summed E-state index contributed by atoms with van der Waals surface area (Å²) < 4.78 is 1.02. The Morgan fingerprint density at radius 3 is 1.73 bits per heavy atom. The summed E-state index contributed by atoms with van der Waals surface area (Å²) in [7, 11) is 0. The molecule has 3 amide bonds. The van der Waals surface area contributed by atoms with E-state index in [9.17, 15) is 9.59 Å². The van der Waals surface area contributed by atoms with E-state index in [0.717, 1.165) is 17.3 Å². The third kappa shape index (κ3) is 5.15. The predicted molar refractivity (Wildman–Crippen MR) is 90.7 cm³/mol. The van der Waals surface area contributed by atoms with Gasteiger partial charge in [0.2, 0.25) is 0 Å². The summed E-state index contributed by atoms with van der Waals surface area (Å²) >= 11 is 5.90. The molecule has 4 nitrogen and oxygen atoms in total. The molecular formula is C17H31ClN2O2. The molecule has 0 spiro atoms. The number of rotatable bonds is 11. The van der Waals surface area contributed by atoms with Crippen LogP contribution in [-0.4, -0.2) is 33.3 Å². The third-order valence-corrected chi connectivity index (χ3v) is 4.96. The highest BCUT2D eigenvalue weighted by molar-refractivity contribution is 6.27. The van der Waals surface area contributed by atoms with Gasteiger partial charge in [0.1, 0.15) is 5.54 Å². The van der Waals surface area contributed by atoms with Crippen molar-refractivity contribution in [3.63, 3.8) is 0 Å². The number of nitrogens with zero attached hydrogens (tertiary/aromatic N) is 2. The van der Waals surface area contributed by atoms with Crippen molar-refractivity contribution in [2.75, 3.05) is 6.54 Å². The van der Waals surface area contributed by atoms with Gasteiger partial charge in [0.25, 0.3) is 5.91 Å². The van der Waals surface area contributed by atoms with Crippen LogP contribution in [0.5, 0.6) is 0 Å². The second-order valence-electron chi connectivity index (χ2n) is 6.76. The van der Waals surface area contributed by atoms with Gasteiger partial charge in [0.15, 0.2) is 0 Å². The van der Waals surface area contributed by atoms with E-state index >= 15 is 0 Å². The Kier molecular flexibility index (Phi) is 8.23. The number of hydrogen-bond acceptors (Lipinski definition) is 2. The number of halogens is 1. The van der Waals surface area contributed by atoms with Gasteiger partial charge in [-0.05, 0) is 20.3 Å². The highest BCUT2D eigenvalue weighted by Crippen LogP contribution is 2.29. The lowest BCUT2D eigenvalue weighted by molar-refractivity contribution is -0.131. The Hall–Kier alpha value is -0.770. The second kappa shape index (κ2) is 9.39. The van der Waals surface area contributed by atoms with E-state index in [4.69, 9.17) is 11.8 Å². The van der Waals surface area contributed by atoms with E-state index in [1.807, 2.05) is 0 Å². The van der Waals surface area contributed by atoms with E-state index < -0.39 is 5.54 Å². The fourth-order valence-electron chi connectivity index (χ4n) is 2.80. The molecule has 1 heterocycles. The summed E-state index contributed by atoms with van der Waals surface area (Å²) in [6, 6.07) is -0.382. The average Bonchev–Trinajstić information content (AvgIpc) is 2.63. The minimum Gasteiger partial charge on any atom is -0.272 e. The Morgan fingerprint density at radius 2 is 1.32 bits per heavy atom. The molecule has 128 valence electrons. The summed E-state index contributed by atoms with van der Waals surface area (Å²) in [5.74, 6) is -0.191. The molecule has 1 aliphatic heterocycles. The Labute approximate surface area is 140 Å². The molecule has 0 aromatic carbocycles. The Bertz CT molecular complexity index is 372. The van der Waals surface area contributed by atoms with Crippen molar-refractivity contribution in [3.05, 3.63) is 0 Å². The molecule has 1 fully saturated rings. The number of hydrogen-bond donors (Lipinski definition) is 0. The van der Waals surface area contributed by atoms with Crippen molar-refractivity contribution in [1.29, 1.82) is 0 Å². The van der Waals surface area contributed by atoms with Gasteiger partial charge in [-0.15, -0.1) is 0 Å². The fourth-order valence-corrected chi connectivity index (χ4v) is 2.96. The molecule has 0 radical (unpaired) electrons. The average molecular weight is 331 g/mol. The summed E-state index contributed by atoms with van der Waals surface area (Å²) in [5.41, 5.74) is -0.920. The molecule has 1 aliphatic rings. The van der Waals surface area contributed by atoms with Gasteiger partial charge in [-0.2, -0.15) is 0 Å². The summed E-state index contributed by atoms with van der Waals surface area (Å²) in [4.78, 5) is 25.3. The van der Waals surface area contributed by atoms with Crippen molar-refractivity contribution < 1.29 is 9.59 Å². The first-order chi connectivity index (χ1) is 10.4. The van der Waals surface area contributed by atoms with Crippen LogP contribution in [0.3, 0.4) is 0 Å². The summed E-state index contributed by atoms with van der Waals surface area (Å²) in [5, 5.41) is 0. The van der Waals surface area contributed by atoms with E-state index in [-0.39, 0.29) is 11.9 Å². The first-order valence-electron chi connectivity index (χ1n) is 8.75. The molecule has 0 saturated carbocycles. The van der Waals surface area contributed by atoms with Crippen molar-refractivity contribution in [3.8, 4) is 0 Å². The van der Waals surface area contributed by atoms with Crippen LogP contribution in [0.15, 0.2) is 0 Å². The first-order valence-corrected chi connectivity index (χ1v) is 9.08. The summed E-state index contributed by atoms with van der Waals surface area (Å²) in [6.07, 6.45) is 12.4. The first kappa shape index (κ1) is 19.3. The monoisotopic (exact) mass is 330 g/mol. The van der Waals surface area contributed by atoms with Crippen LogP contribution in [0, 0.1) is 0 Å². The van der Waals surface area contributed by atoms with E-state index in [1.54, 1.807) is 13.8 Å². The molecule has 0 N–H and O–H groups in total. The number of carbonyl (C=O) groups is 2. The highest BCUT2D eigenvalue weighted by atomic mass is 35.5. The van der Waals surface area contributed by atoms with E-state index in [2.05, 4.69) is 6.92 Å². The van der Waals surface area contributed by atoms with Crippen molar-refractivity contribution in [2.24, 2.45) is 0 Å². The highest BCUT2D eigenvalue weighted by Gasteiger charge is 2.50. The second-order valence-corrected chi connectivity index (χ2v) is 7.10. The largest absolute Gasteiger partial charge is 0.342 e. The lowest BCUT2D eigenvalue weighted by atomic mass is 10.1. The van der Waals surface area contributed by atoms with Crippen LogP contribution in [0.4, 0.5) is 4.79 Å². The zero-order chi connectivity index (χ0) is 16.6. The van der Waals surface area contributed by atoms with Gasteiger partial charge in [0.05, 0.1) is 0 Å². The molecule has 0 aliphatic carbocycles. The standard InChI is InChI=1S/C17H31ClN2O2/c1-4-5-6-7-8-9-10-11-12-13-14-19-15(21)17(2,3)20(18)16(19)22/h4-14H2,1-3H3. The minimum absolute atomic E-state index is 0.191. The van der Waals surface area contributed by atoms with E-state index in [1.165, 1.54) is 56.3 Å². The molecular weight excluding hydrogens is 300 g/mol. The topological polar surface area (TPSA) is 40.6 Å². The molecule has 1 saturated heterocycles. The number of urea groups is 1. The Morgan fingerprint density at radius 1 is 0.864 bits per heavy atom. The van der Waals surface area contributed by atoms with Crippen LogP contribution in [0.1, 0.15) is 85.0 Å². The summed E-state index contributed by atoms with van der Waals surface area (Å²) in [6.45, 7) is 6.08. The lowest BCUT2D eigenvalue weighted by Gasteiger charge is -2.19. The predicted octanol–water partition coefficient (Wildman–Crippen LogP) is 5.10. The van der Waals surface area contributed by atoms with Crippen molar-refractivity contribution >= 4 is 23.7 Å². The maximum atomic E-state index is 12.1. The van der Waals surface area contributed by atoms with Crippen molar-refractivity contribution in [1.82, 2.24) is 9.32 Å². The number of unbranched alkanes of at least 4 members (excludes halogenated alkanes) is 9. The zero-order valence-electron chi connectivity index (χ0n) is 14.4. The van der Waals surface area contributed by atoms with Gasteiger partial charge in [-0.1, -0.05) is 64.7 Å². The molecule has 0 bridgehead atoms. The number of amides is 3. The van der Waals surface area contributed by atoms with Gasteiger partial charge in [0, 0.05) is 18.3 Å². The number of carbonyl (C=O) groups excluding carboxylic acids is 2. The van der Waals surface area contributed by atoms with Gasteiger partial charge < -0.3 is 0 Å². The molecule has 1 rings (SSSR count). The molecule has 5 heteroatoms. The third-order valence-electron chi connectivity index (χ3n) is 4.39. The van der Waals surface area contributed by atoms with Crippen LogP contribution >= 0.6 is 11.8 Å². The maximum absolute atomic E-state index is 12.1. The quantitative estimate of drug-likeness (QED) is 0.300. The SMILES string of the molecule is CCCCCCCCCCCCN1C(=O)N(Cl)C(C)(C)C1=O. The van der Waals surface area contributed by atoms with Crippen LogP contribution in [0.25, 0.3) is 0 Å². The smallest absolute Gasteiger partial charge is 0.272 e. The van der Waals surface area contributed by atoms with Crippen molar-refractivity contribution in [2.45, 2.75) is 90.5 Å². The normalized spacial score (nSPS) is 17.6. The number of imide groups is 1. The Balaban J connectivity index is 2.08. The van der Waals surface area contributed by atoms with E-state index in [0.29, 0.717) is 6.54 Å². The van der Waals surface area contributed by atoms with Crippen LogP contribution in [0.2, 0.25) is 0 Å². The minimum atomic E-state index is -0.920. The molecule has 0 aromatic rings. The molecule has 0 aromatic heterocycles. The van der Waals surface area contributed by atoms with Crippen LogP contribution < -0.4 is 0 Å². The zero-order valence-corrected chi connectivity index (χ0v) is 15.1. The maximum Gasteiger partial charge on any atom is 0.342 e. The molecule has 0 unspecified atom stereocenters. The van der Waals surface area contributed by atoms with Gasteiger partial charge in [-0.25, -0.2) is 9.21 Å². The molecule has 0 atom stereocenters. The molecule has 22 heavy (non-hydrogen) atoms. The lowest BCUT2D eigenvalue weighted by Crippen LogP contribution is -2.39. The van der Waals surface area contributed by atoms with Gasteiger partial charge in [-0.3, -0.25) is 9.69 Å². The van der Waals surface area contributed by atoms with Gasteiger partial charge >= 0.3 is 6.03 Å². The van der Waals surface area contributed by atoms with Crippen LogP contribution in [-0.2, 0) is 4.79 Å².